The molecule has 0 aromatic carbocycles. The maximum Gasteiger partial charge on any atom is 0.303 e. The molecule has 4 heteroatoms. The predicted octanol–water partition coefficient (Wildman–Crippen LogP) is 1.79. The van der Waals surface area contributed by atoms with Gasteiger partial charge in [-0.3, -0.25) is 9.00 Å². The van der Waals surface area contributed by atoms with Gasteiger partial charge < -0.3 is 5.11 Å². The van der Waals surface area contributed by atoms with Crippen LogP contribution in [0.25, 0.3) is 0 Å². The standard InChI is InChI=1S/C9H18O3S/c1-2-3-7-13(12)8-5-4-6-9(10)11/h2-8H2,1H3,(H,10,11). The quantitative estimate of drug-likeness (QED) is 0.616. The summed E-state index contributed by atoms with van der Waals surface area (Å²) < 4.78 is 11.2. The molecule has 0 rings (SSSR count). The average Bonchev–Trinajstić information content (AvgIpc) is 2.08. The number of unbranched alkanes of at least 4 members (excludes halogenated alkanes) is 2. The van der Waals surface area contributed by atoms with E-state index in [0.717, 1.165) is 25.0 Å². The summed E-state index contributed by atoms with van der Waals surface area (Å²) in [6, 6.07) is 0. The van der Waals surface area contributed by atoms with Crippen LogP contribution in [0.3, 0.4) is 0 Å². The molecule has 0 spiro atoms. The Labute approximate surface area is 82.0 Å². The predicted molar refractivity (Wildman–Crippen MR) is 54.3 cm³/mol. The fraction of sp³-hybridized carbons (Fsp3) is 0.889. The Balaban J connectivity index is 3.22. The van der Waals surface area contributed by atoms with Crippen molar-refractivity contribution in [2.75, 3.05) is 11.5 Å². The van der Waals surface area contributed by atoms with Crippen molar-refractivity contribution < 1.29 is 14.1 Å². The molecule has 0 fully saturated rings. The molecular weight excluding hydrogens is 188 g/mol. The topological polar surface area (TPSA) is 54.4 Å². The minimum Gasteiger partial charge on any atom is -0.481 e. The molecule has 13 heavy (non-hydrogen) atoms. The highest BCUT2D eigenvalue weighted by atomic mass is 32.2. The van der Waals surface area contributed by atoms with Crippen molar-refractivity contribution in [3.63, 3.8) is 0 Å². The smallest absolute Gasteiger partial charge is 0.303 e. The van der Waals surface area contributed by atoms with Gasteiger partial charge >= 0.3 is 5.97 Å². The minimum absolute atomic E-state index is 0.199. The van der Waals surface area contributed by atoms with Crippen LogP contribution >= 0.6 is 0 Å². The number of hydrogen-bond acceptors (Lipinski definition) is 2. The lowest BCUT2D eigenvalue weighted by Gasteiger charge is -1.99. The highest BCUT2D eigenvalue weighted by Gasteiger charge is 2.00. The Morgan fingerprint density at radius 3 is 2.38 bits per heavy atom. The van der Waals surface area contributed by atoms with Crippen molar-refractivity contribution in [2.24, 2.45) is 0 Å². The second-order valence-electron chi connectivity index (χ2n) is 3.05. The van der Waals surface area contributed by atoms with Crippen LogP contribution in [0.5, 0.6) is 0 Å². The molecule has 0 aromatic heterocycles. The van der Waals surface area contributed by atoms with Gasteiger partial charge in [-0.25, -0.2) is 0 Å². The lowest BCUT2D eigenvalue weighted by atomic mass is 10.3. The Bertz CT molecular complexity index is 168. The molecule has 0 saturated heterocycles. The zero-order chi connectivity index (χ0) is 10.1. The summed E-state index contributed by atoms with van der Waals surface area (Å²) in [5.74, 6) is 0.663. The van der Waals surface area contributed by atoms with Crippen LogP contribution in [-0.2, 0) is 15.6 Å². The molecule has 1 N–H and O–H groups in total. The largest absolute Gasteiger partial charge is 0.481 e. The molecule has 0 bridgehead atoms. The van der Waals surface area contributed by atoms with Crippen LogP contribution in [0.2, 0.25) is 0 Å². The van der Waals surface area contributed by atoms with Crippen molar-refractivity contribution in [1.82, 2.24) is 0 Å². The number of carboxylic acid groups (broad SMARTS) is 1. The van der Waals surface area contributed by atoms with E-state index >= 15 is 0 Å². The molecule has 0 saturated carbocycles. The first kappa shape index (κ1) is 12.6. The van der Waals surface area contributed by atoms with Gasteiger partial charge in [0.1, 0.15) is 0 Å². The summed E-state index contributed by atoms with van der Waals surface area (Å²) in [6.07, 6.45) is 3.69. The van der Waals surface area contributed by atoms with E-state index in [2.05, 4.69) is 6.92 Å². The molecule has 78 valence electrons. The third kappa shape index (κ3) is 9.53. The summed E-state index contributed by atoms with van der Waals surface area (Å²) in [4.78, 5) is 10.1. The van der Waals surface area contributed by atoms with Gasteiger partial charge in [-0.05, 0) is 19.3 Å². The van der Waals surface area contributed by atoms with Crippen LogP contribution in [0, 0.1) is 0 Å². The minimum atomic E-state index is -0.764. The van der Waals surface area contributed by atoms with E-state index in [1.165, 1.54) is 0 Å². The highest BCUT2D eigenvalue weighted by molar-refractivity contribution is 7.84. The second-order valence-corrected chi connectivity index (χ2v) is 4.75. The highest BCUT2D eigenvalue weighted by Crippen LogP contribution is 1.99. The van der Waals surface area contributed by atoms with E-state index in [-0.39, 0.29) is 6.42 Å². The van der Waals surface area contributed by atoms with Crippen molar-refractivity contribution in [3.8, 4) is 0 Å². The van der Waals surface area contributed by atoms with Crippen LogP contribution in [0.15, 0.2) is 0 Å². The SMILES string of the molecule is CCCCS(=O)CCCCC(=O)O. The first-order chi connectivity index (χ1) is 6.16. The van der Waals surface area contributed by atoms with Crippen LogP contribution in [0.4, 0.5) is 0 Å². The normalized spacial score (nSPS) is 12.7. The number of aliphatic carboxylic acids is 1. The molecule has 0 aliphatic carbocycles. The van der Waals surface area contributed by atoms with E-state index in [1.807, 2.05) is 0 Å². The van der Waals surface area contributed by atoms with Crippen molar-refractivity contribution >= 4 is 16.8 Å². The van der Waals surface area contributed by atoms with Crippen LogP contribution in [0.1, 0.15) is 39.0 Å². The molecule has 0 aliphatic rings. The van der Waals surface area contributed by atoms with Crippen molar-refractivity contribution in [3.05, 3.63) is 0 Å². The number of carbonyl (C=O) groups is 1. The molecule has 0 aliphatic heterocycles. The van der Waals surface area contributed by atoms with Crippen molar-refractivity contribution in [1.29, 1.82) is 0 Å². The Kier molecular flexibility index (Phi) is 7.99. The van der Waals surface area contributed by atoms with Gasteiger partial charge in [0.15, 0.2) is 0 Å². The first-order valence-corrected chi connectivity index (χ1v) is 6.22. The molecular formula is C9H18O3S. The third-order valence-corrected chi connectivity index (χ3v) is 3.23. The monoisotopic (exact) mass is 206 g/mol. The van der Waals surface area contributed by atoms with E-state index in [4.69, 9.17) is 5.11 Å². The van der Waals surface area contributed by atoms with Gasteiger partial charge in [-0.1, -0.05) is 13.3 Å². The third-order valence-electron chi connectivity index (χ3n) is 1.74. The van der Waals surface area contributed by atoms with E-state index < -0.39 is 16.8 Å². The Morgan fingerprint density at radius 1 is 1.23 bits per heavy atom. The summed E-state index contributed by atoms with van der Waals surface area (Å²) in [6.45, 7) is 2.07. The molecule has 0 radical (unpaired) electrons. The summed E-state index contributed by atoms with van der Waals surface area (Å²) >= 11 is 0. The van der Waals surface area contributed by atoms with Gasteiger partial charge in [0, 0.05) is 28.7 Å². The van der Waals surface area contributed by atoms with Gasteiger partial charge in [-0.2, -0.15) is 0 Å². The molecule has 0 heterocycles. The zero-order valence-corrected chi connectivity index (χ0v) is 8.94. The maximum absolute atomic E-state index is 11.2. The summed E-state index contributed by atoms with van der Waals surface area (Å²) in [7, 11) is -0.728. The van der Waals surface area contributed by atoms with Gasteiger partial charge in [0.2, 0.25) is 0 Å². The summed E-state index contributed by atoms with van der Waals surface area (Å²) in [5.41, 5.74) is 0. The lowest BCUT2D eigenvalue weighted by Crippen LogP contribution is -2.03. The fourth-order valence-corrected chi connectivity index (χ4v) is 2.29. The molecule has 1 atom stereocenters. The average molecular weight is 206 g/mol. The summed E-state index contributed by atoms with van der Waals surface area (Å²) in [5, 5.41) is 8.34. The van der Waals surface area contributed by atoms with E-state index in [0.29, 0.717) is 12.2 Å². The van der Waals surface area contributed by atoms with Crippen LogP contribution < -0.4 is 0 Å². The Morgan fingerprint density at radius 2 is 1.85 bits per heavy atom. The van der Waals surface area contributed by atoms with Crippen molar-refractivity contribution in [2.45, 2.75) is 39.0 Å². The fourth-order valence-electron chi connectivity index (χ4n) is 0.947. The zero-order valence-electron chi connectivity index (χ0n) is 8.12. The second kappa shape index (κ2) is 8.23. The number of rotatable bonds is 8. The van der Waals surface area contributed by atoms with E-state index in [9.17, 15) is 9.00 Å². The van der Waals surface area contributed by atoms with E-state index in [1.54, 1.807) is 0 Å². The van der Waals surface area contributed by atoms with Crippen LogP contribution in [-0.4, -0.2) is 26.8 Å². The lowest BCUT2D eigenvalue weighted by molar-refractivity contribution is -0.137. The molecule has 1 unspecified atom stereocenters. The van der Waals surface area contributed by atoms with Gasteiger partial charge in [-0.15, -0.1) is 0 Å². The number of hydrogen-bond donors (Lipinski definition) is 1. The first-order valence-electron chi connectivity index (χ1n) is 4.73. The van der Waals surface area contributed by atoms with Gasteiger partial charge in [0.25, 0.3) is 0 Å². The Hall–Kier alpha value is -0.380. The maximum atomic E-state index is 11.2. The molecule has 0 amide bonds. The molecule has 3 nitrogen and oxygen atoms in total. The van der Waals surface area contributed by atoms with Gasteiger partial charge in [0.05, 0.1) is 0 Å². The molecule has 0 aromatic rings. The number of carboxylic acids is 1.